The van der Waals surface area contributed by atoms with Crippen molar-refractivity contribution < 1.29 is 19.7 Å². The number of aliphatic carboxylic acids is 1. The maximum absolute atomic E-state index is 10.5. The lowest BCUT2D eigenvalue weighted by Gasteiger charge is -2.22. The van der Waals surface area contributed by atoms with Gasteiger partial charge in [-0.25, -0.2) is 0 Å². The van der Waals surface area contributed by atoms with Crippen LogP contribution in [-0.2, 0) is 9.53 Å². The normalized spacial score (nSPS) is 13.1. The van der Waals surface area contributed by atoms with E-state index in [1.807, 2.05) is 0 Å². The highest BCUT2D eigenvalue weighted by Gasteiger charge is 2.15. The highest BCUT2D eigenvalue weighted by atomic mass is 16.5. The minimum absolute atomic E-state index is 0.0178. The molecule has 0 heterocycles. The Morgan fingerprint density at radius 3 is 2.64 bits per heavy atom. The lowest BCUT2D eigenvalue weighted by atomic mass is 10.3. The summed E-state index contributed by atoms with van der Waals surface area (Å²) < 4.78 is 4.85. The Balaban J connectivity index is 3.87. The van der Waals surface area contributed by atoms with Crippen molar-refractivity contribution in [1.82, 2.24) is 4.90 Å². The number of carboxylic acid groups (broad SMARTS) is 1. The molecule has 0 amide bonds. The molecule has 0 saturated heterocycles. The van der Waals surface area contributed by atoms with Crippen LogP contribution < -0.4 is 5.73 Å². The predicted octanol–water partition coefficient (Wildman–Crippen LogP) is -1.66. The van der Waals surface area contributed by atoms with Crippen LogP contribution in [0.4, 0.5) is 0 Å². The summed E-state index contributed by atoms with van der Waals surface area (Å²) in [6.45, 7) is 1.67. The van der Waals surface area contributed by atoms with Crippen molar-refractivity contribution in [3.05, 3.63) is 0 Å². The van der Waals surface area contributed by atoms with Crippen molar-refractivity contribution in [2.75, 3.05) is 40.0 Å². The van der Waals surface area contributed by atoms with E-state index in [0.29, 0.717) is 19.7 Å². The van der Waals surface area contributed by atoms with Gasteiger partial charge in [-0.3, -0.25) is 9.69 Å². The number of nitrogens with two attached hydrogens (primary N) is 1. The second kappa shape index (κ2) is 7.69. The predicted molar refractivity (Wildman–Crippen MR) is 51.0 cm³/mol. The van der Waals surface area contributed by atoms with Crippen LogP contribution in [0.5, 0.6) is 0 Å². The average Bonchev–Trinajstić information content (AvgIpc) is 2.14. The van der Waals surface area contributed by atoms with Gasteiger partial charge in [-0.15, -0.1) is 0 Å². The van der Waals surface area contributed by atoms with Gasteiger partial charge < -0.3 is 20.7 Å². The molecule has 14 heavy (non-hydrogen) atoms. The van der Waals surface area contributed by atoms with Crippen LogP contribution in [-0.4, -0.2) is 67.1 Å². The van der Waals surface area contributed by atoms with Gasteiger partial charge in [0.1, 0.15) is 6.04 Å². The second-order valence-corrected chi connectivity index (χ2v) is 2.96. The van der Waals surface area contributed by atoms with Crippen molar-refractivity contribution in [2.45, 2.75) is 6.04 Å². The van der Waals surface area contributed by atoms with E-state index in [1.54, 1.807) is 12.0 Å². The van der Waals surface area contributed by atoms with Gasteiger partial charge in [-0.05, 0) is 0 Å². The molecule has 0 aliphatic carbocycles. The lowest BCUT2D eigenvalue weighted by molar-refractivity contribution is -0.139. The molecule has 0 radical (unpaired) electrons. The second-order valence-electron chi connectivity index (χ2n) is 2.96. The fourth-order valence-electron chi connectivity index (χ4n) is 1.01. The van der Waals surface area contributed by atoms with Crippen molar-refractivity contribution in [2.24, 2.45) is 5.73 Å². The molecule has 0 aromatic carbocycles. The summed E-state index contributed by atoms with van der Waals surface area (Å²) in [5.41, 5.74) is 5.36. The molecule has 1 unspecified atom stereocenters. The zero-order valence-corrected chi connectivity index (χ0v) is 8.35. The van der Waals surface area contributed by atoms with Crippen molar-refractivity contribution in [1.29, 1.82) is 0 Å². The molecule has 0 bridgehead atoms. The minimum Gasteiger partial charge on any atom is -0.480 e. The molecule has 0 saturated carbocycles. The first-order valence-electron chi connectivity index (χ1n) is 4.42. The molecule has 0 fully saturated rings. The standard InChI is InChI=1S/C8H18N2O4/c1-14-5-3-10(2-4-11)6-7(9)8(12)13/h7,11H,2-6,9H2,1H3,(H,12,13). The number of carboxylic acids is 1. The highest BCUT2D eigenvalue weighted by Crippen LogP contribution is 1.91. The van der Waals surface area contributed by atoms with E-state index in [1.165, 1.54) is 0 Å². The monoisotopic (exact) mass is 206 g/mol. The van der Waals surface area contributed by atoms with E-state index in [0.717, 1.165) is 0 Å². The number of nitrogens with zero attached hydrogens (tertiary/aromatic N) is 1. The molecule has 0 spiro atoms. The smallest absolute Gasteiger partial charge is 0.321 e. The highest BCUT2D eigenvalue weighted by molar-refractivity contribution is 5.73. The van der Waals surface area contributed by atoms with Crippen LogP contribution in [0.2, 0.25) is 0 Å². The van der Waals surface area contributed by atoms with E-state index in [-0.39, 0.29) is 13.2 Å². The van der Waals surface area contributed by atoms with Crippen molar-refractivity contribution >= 4 is 5.97 Å². The fourth-order valence-corrected chi connectivity index (χ4v) is 1.01. The summed E-state index contributed by atoms with van der Waals surface area (Å²) in [5.74, 6) is -1.04. The average molecular weight is 206 g/mol. The summed E-state index contributed by atoms with van der Waals surface area (Å²) in [5, 5.41) is 17.3. The zero-order chi connectivity index (χ0) is 11.0. The molecule has 0 aliphatic rings. The van der Waals surface area contributed by atoms with E-state index in [9.17, 15) is 4.79 Å². The molecule has 6 nitrogen and oxygen atoms in total. The quantitative estimate of drug-likeness (QED) is 0.440. The Kier molecular flexibility index (Phi) is 7.31. The molecule has 84 valence electrons. The van der Waals surface area contributed by atoms with Crippen LogP contribution in [0.25, 0.3) is 0 Å². The largest absolute Gasteiger partial charge is 0.480 e. The van der Waals surface area contributed by atoms with E-state index in [2.05, 4.69) is 0 Å². The Morgan fingerprint density at radius 2 is 2.21 bits per heavy atom. The van der Waals surface area contributed by atoms with Gasteiger partial charge in [0.05, 0.1) is 13.2 Å². The fraction of sp³-hybridized carbons (Fsp3) is 0.875. The van der Waals surface area contributed by atoms with Crippen molar-refractivity contribution in [3.63, 3.8) is 0 Å². The van der Waals surface area contributed by atoms with Gasteiger partial charge >= 0.3 is 5.97 Å². The molecule has 0 aliphatic heterocycles. The molecule has 6 heteroatoms. The number of hydrogen-bond donors (Lipinski definition) is 3. The lowest BCUT2D eigenvalue weighted by Crippen LogP contribution is -2.44. The van der Waals surface area contributed by atoms with Crippen LogP contribution in [0.15, 0.2) is 0 Å². The number of hydrogen-bond acceptors (Lipinski definition) is 5. The van der Waals surface area contributed by atoms with E-state index >= 15 is 0 Å². The Labute approximate surface area is 83.3 Å². The third kappa shape index (κ3) is 5.87. The summed E-state index contributed by atoms with van der Waals surface area (Å²) in [6.07, 6.45) is 0. The number of ether oxygens (including phenoxy) is 1. The maximum atomic E-state index is 10.5. The maximum Gasteiger partial charge on any atom is 0.321 e. The summed E-state index contributed by atoms with van der Waals surface area (Å²) in [7, 11) is 1.56. The SMILES string of the molecule is COCCN(CCO)CC(N)C(=O)O. The number of aliphatic hydroxyl groups is 1. The van der Waals surface area contributed by atoms with Crippen LogP contribution in [0, 0.1) is 0 Å². The van der Waals surface area contributed by atoms with Gasteiger partial charge in [0.15, 0.2) is 0 Å². The number of carbonyl (C=O) groups is 1. The minimum atomic E-state index is -1.04. The Bertz CT molecular complexity index is 165. The topological polar surface area (TPSA) is 96.0 Å². The molecule has 4 N–H and O–H groups in total. The Morgan fingerprint density at radius 1 is 1.57 bits per heavy atom. The van der Waals surface area contributed by atoms with Gasteiger partial charge in [-0.2, -0.15) is 0 Å². The zero-order valence-electron chi connectivity index (χ0n) is 8.35. The van der Waals surface area contributed by atoms with E-state index in [4.69, 9.17) is 20.7 Å². The number of aliphatic hydroxyl groups excluding tert-OH is 1. The van der Waals surface area contributed by atoms with Crippen LogP contribution in [0.1, 0.15) is 0 Å². The molecule has 0 aromatic heterocycles. The summed E-state index contributed by atoms with van der Waals surface area (Å²) >= 11 is 0. The number of methoxy groups -OCH3 is 1. The first-order chi connectivity index (χ1) is 6.61. The summed E-state index contributed by atoms with van der Waals surface area (Å²) in [6, 6.07) is -0.918. The molecule has 1 atom stereocenters. The van der Waals surface area contributed by atoms with Gasteiger partial charge in [0.2, 0.25) is 0 Å². The third-order valence-electron chi connectivity index (χ3n) is 1.80. The van der Waals surface area contributed by atoms with E-state index < -0.39 is 12.0 Å². The van der Waals surface area contributed by atoms with Gasteiger partial charge in [0.25, 0.3) is 0 Å². The summed E-state index contributed by atoms with van der Waals surface area (Å²) in [4.78, 5) is 12.2. The molecule has 0 rings (SSSR count). The van der Waals surface area contributed by atoms with Gasteiger partial charge in [0, 0.05) is 26.7 Å². The van der Waals surface area contributed by atoms with Crippen molar-refractivity contribution in [3.8, 4) is 0 Å². The molecular weight excluding hydrogens is 188 g/mol. The molecule has 0 aromatic rings. The van der Waals surface area contributed by atoms with Crippen LogP contribution >= 0.6 is 0 Å². The number of rotatable bonds is 8. The third-order valence-corrected chi connectivity index (χ3v) is 1.80. The molecular formula is C8H18N2O4. The van der Waals surface area contributed by atoms with Gasteiger partial charge in [-0.1, -0.05) is 0 Å². The van der Waals surface area contributed by atoms with Crippen LogP contribution in [0.3, 0.4) is 0 Å². The first kappa shape index (κ1) is 13.3. The Hall–Kier alpha value is -0.690. The first-order valence-corrected chi connectivity index (χ1v) is 4.42.